The maximum atomic E-state index is 6.09. The molecule has 2 heteroatoms. The van der Waals surface area contributed by atoms with Gasteiger partial charge in [-0.25, -0.2) is 0 Å². The van der Waals surface area contributed by atoms with E-state index in [9.17, 15) is 0 Å². The second-order valence-corrected chi connectivity index (χ2v) is 5.31. The van der Waals surface area contributed by atoms with Crippen molar-refractivity contribution in [3.8, 4) is 5.75 Å². The number of halogens is 1. The summed E-state index contributed by atoms with van der Waals surface area (Å²) in [6, 6.07) is 6.34. The van der Waals surface area contributed by atoms with E-state index in [2.05, 4.69) is 34.1 Å². The second kappa shape index (κ2) is 2.99. The predicted molar refractivity (Wildman–Crippen MR) is 59.7 cm³/mol. The third kappa shape index (κ3) is 1.28. The average Bonchev–Trinajstić information content (AvgIpc) is 2.15. The zero-order valence-electron chi connectivity index (χ0n) is 8.05. The van der Waals surface area contributed by atoms with Gasteiger partial charge in [-0.2, -0.15) is 0 Å². The molecule has 1 spiro atoms. The maximum Gasteiger partial charge on any atom is 0.123 e. The van der Waals surface area contributed by atoms with Crippen molar-refractivity contribution in [2.75, 3.05) is 0 Å². The molecule has 0 bridgehead atoms. The van der Waals surface area contributed by atoms with Gasteiger partial charge in [-0.1, -0.05) is 15.9 Å². The van der Waals surface area contributed by atoms with Gasteiger partial charge in [0.05, 0.1) is 0 Å². The van der Waals surface area contributed by atoms with Gasteiger partial charge < -0.3 is 4.74 Å². The van der Waals surface area contributed by atoms with Crippen LogP contribution >= 0.6 is 15.9 Å². The number of benzene rings is 1. The quantitative estimate of drug-likeness (QED) is 0.685. The van der Waals surface area contributed by atoms with E-state index in [1.807, 2.05) is 0 Å². The summed E-state index contributed by atoms with van der Waals surface area (Å²) < 4.78 is 7.25. The number of hydrogen-bond donors (Lipinski definition) is 0. The molecule has 14 heavy (non-hydrogen) atoms. The van der Waals surface area contributed by atoms with Gasteiger partial charge in [-0.15, -0.1) is 0 Å². The molecule has 0 unspecified atom stereocenters. The molecule has 0 amide bonds. The zero-order valence-corrected chi connectivity index (χ0v) is 9.64. The summed E-state index contributed by atoms with van der Waals surface area (Å²) in [4.78, 5) is 0. The molecule has 1 aromatic rings. The van der Waals surface area contributed by atoms with Crippen LogP contribution in [0.25, 0.3) is 0 Å². The van der Waals surface area contributed by atoms with Crippen LogP contribution < -0.4 is 4.74 Å². The third-order valence-corrected chi connectivity index (χ3v) is 3.96. The fraction of sp³-hybridized carbons (Fsp3) is 0.500. The van der Waals surface area contributed by atoms with Crippen LogP contribution in [0.3, 0.4) is 0 Å². The Morgan fingerprint density at radius 3 is 2.79 bits per heavy atom. The molecule has 1 aromatic carbocycles. The topological polar surface area (TPSA) is 9.23 Å². The molecule has 1 saturated carbocycles. The van der Waals surface area contributed by atoms with Gasteiger partial charge in [0.1, 0.15) is 11.4 Å². The van der Waals surface area contributed by atoms with Gasteiger partial charge in [0.15, 0.2) is 0 Å². The Balaban J connectivity index is 1.94. The Kier molecular flexibility index (Phi) is 1.88. The molecule has 0 N–H and O–H groups in total. The lowest BCUT2D eigenvalue weighted by atomic mass is 9.74. The number of aryl methyl sites for hydroxylation is 1. The largest absolute Gasteiger partial charge is 0.487 e. The summed E-state index contributed by atoms with van der Waals surface area (Å²) in [5.74, 6) is 1.11. The number of rotatable bonds is 0. The van der Waals surface area contributed by atoms with Crippen LogP contribution in [0, 0.1) is 0 Å². The smallest absolute Gasteiger partial charge is 0.123 e. The van der Waals surface area contributed by atoms with Crippen LogP contribution in [-0.4, -0.2) is 5.60 Å². The first-order valence-corrected chi connectivity index (χ1v) is 6.04. The minimum absolute atomic E-state index is 0.223. The van der Waals surface area contributed by atoms with Crippen molar-refractivity contribution in [1.29, 1.82) is 0 Å². The summed E-state index contributed by atoms with van der Waals surface area (Å²) in [6.07, 6.45) is 6.22. The average molecular weight is 253 g/mol. The zero-order chi connectivity index (χ0) is 9.60. The molecule has 1 fully saturated rings. The molecular formula is C12H13BrO. The summed E-state index contributed by atoms with van der Waals surface area (Å²) in [5.41, 5.74) is 1.58. The first kappa shape index (κ1) is 8.78. The van der Waals surface area contributed by atoms with Gasteiger partial charge in [0.2, 0.25) is 0 Å². The predicted octanol–water partition coefficient (Wildman–Crippen LogP) is 3.70. The van der Waals surface area contributed by atoms with Crippen LogP contribution in [0.15, 0.2) is 22.7 Å². The van der Waals surface area contributed by atoms with Gasteiger partial charge in [-0.3, -0.25) is 0 Å². The monoisotopic (exact) mass is 252 g/mol. The normalized spacial score (nSPS) is 22.4. The fourth-order valence-corrected chi connectivity index (χ4v) is 2.82. The van der Waals surface area contributed by atoms with Crippen molar-refractivity contribution >= 4 is 15.9 Å². The molecule has 1 aliphatic carbocycles. The van der Waals surface area contributed by atoms with E-state index in [-0.39, 0.29) is 5.60 Å². The summed E-state index contributed by atoms with van der Waals surface area (Å²) in [5, 5.41) is 0. The minimum atomic E-state index is 0.223. The van der Waals surface area contributed by atoms with Gasteiger partial charge in [0.25, 0.3) is 0 Å². The molecule has 74 valence electrons. The first-order valence-electron chi connectivity index (χ1n) is 5.25. The Bertz CT molecular complexity index is 369. The molecular weight excluding hydrogens is 240 g/mol. The van der Waals surface area contributed by atoms with Crippen molar-refractivity contribution in [2.45, 2.75) is 37.7 Å². The summed E-state index contributed by atoms with van der Waals surface area (Å²) >= 11 is 3.49. The van der Waals surface area contributed by atoms with Crippen molar-refractivity contribution in [1.82, 2.24) is 0 Å². The number of hydrogen-bond acceptors (Lipinski definition) is 1. The Hall–Kier alpha value is -0.500. The van der Waals surface area contributed by atoms with E-state index in [0.29, 0.717) is 0 Å². The van der Waals surface area contributed by atoms with Crippen LogP contribution in [0.5, 0.6) is 5.75 Å². The Morgan fingerprint density at radius 2 is 2.07 bits per heavy atom. The third-order valence-electron chi connectivity index (χ3n) is 3.46. The second-order valence-electron chi connectivity index (χ2n) is 4.39. The highest BCUT2D eigenvalue weighted by Gasteiger charge is 2.41. The van der Waals surface area contributed by atoms with E-state index in [1.165, 1.54) is 37.7 Å². The van der Waals surface area contributed by atoms with Gasteiger partial charge >= 0.3 is 0 Å². The van der Waals surface area contributed by atoms with Gasteiger partial charge in [-0.05, 0) is 55.9 Å². The highest BCUT2D eigenvalue weighted by atomic mass is 79.9. The van der Waals surface area contributed by atoms with Crippen LogP contribution in [0.4, 0.5) is 0 Å². The molecule has 1 heterocycles. The SMILES string of the molecule is Brc1ccc2c(c1)CCC1(CCC1)O2. The van der Waals surface area contributed by atoms with E-state index in [4.69, 9.17) is 4.74 Å². The van der Waals surface area contributed by atoms with Crippen molar-refractivity contribution < 1.29 is 4.74 Å². The molecule has 0 aromatic heterocycles. The Labute approximate surface area is 92.6 Å². The first-order chi connectivity index (χ1) is 6.77. The Morgan fingerprint density at radius 1 is 1.21 bits per heavy atom. The molecule has 0 radical (unpaired) electrons. The lowest BCUT2D eigenvalue weighted by molar-refractivity contribution is -0.0249. The molecule has 0 atom stereocenters. The van der Waals surface area contributed by atoms with Crippen LogP contribution in [0.1, 0.15) is 31.2 Å². The van der Waals surface area contributed by atoms with E-state index in [1.54, 1.807) is 0 Å². The van der Waals surface area contributed by atoms with Gasteiger partial charge in [0, 0.05) is 4.47 Å². The molecule has 3 rings (SSSR count). The number of ether oxygens (including phenoxy) is 1. The van der Waals surface area contributed by atoms with E-state index < -0.39 is 0 Å². The standard InChI is InChI=1S/C12H13BrO/c13-10-2-3-11-9(8-10)4-7-12(14-11)5-1-6-12/h2-3,8H,1,4-7H2. The molecule has 2 aliphatic rings. The van der Waals surface area contributed by atoms with E-state index in [0.717, 1.165) is 10.2 Å². The lowest BCUT2D eigenvalue weighted by Gasteiger charge is -2.45. The minimum Gasteiger partial charge on any atom is -0.487 e. The molecule has 1 aliphatic heterocycles. The van der Waals surface area contributed by atoms with E-state index >= 15 is 0 Å². The molecule has 0 saturated heterocycles. The summed E-state index contributed by atoms with van der Waals surface area (Å²) in [6.45, 7) is 0. The molecule has 1 nitrogen and oxygen atoms in total. The van der Waals surface area contributed by atoms with Crippen LogP contribution in [-0.2, 0) is 6.42 Å². The highest BCUT2D eigenvalue weighted by molar-refractivity contribution is 9.10. The lowest BCUT2D eigenvalue weighted by Crippen LogP contribution is -2.45. The fourth-order valence-electron chi connectivity index (χ4n) is 2.41. The van der Waals surface area contributed by atoms with Crippen molar-refractivity contribution in [3.05, 3.63) is 28.2 Å². The van der Waals surface area contributed by atoms with Crippen LogP contribution in [0.2, 0.25) is 0 Å². The van der Waals surface area contributed by atoms with Crippen molar-refractivity contribution in [2.24, 2.45) is 0 Å². The maximum absolute atomic E-state index is 6.09. The van der Waals surface area contributed by atoms with Crippen molar-refractivity contribution in [3.63, 3.8) is 0 Å². The summed E-state index contributed by atoms with van der Waals surface area (Å²) in [7, 11) is 0. The highest BCUT2D eigenvalue weighted by Crippen LogP contribution is 2.45. The number of fused-ring (bicyclic) bond motifs is 1.